The van der Waals surface area contributed by atoms with Crippen molar-refractivity contribution in [2.45, 2.75) is 4.21 Å². The van der Waals surface area contributed by atoms with E-state index in [1.807, 2.05) is 0 Å². The summed E-state index contributed by atoms with van der Waals surface area (Å²) in [6, 6.07) is 5.50. The van der Waals surface area contributed by atoms with Crippen LogP contribution in [0.2, 0.25) is 0 Å². The zero-order valence-corrected chi connectivity index (χ0v) is 15.3. The van der Waals surface area contributed by atoms with E-state index in [0.29, 0.717) is 8.26 Å². The lowest BCUT2D eigenvalue weighted by molar-refractivity contribution is 0.603. The molecule has 0 saturated heterocycles. The van der Waals surface area contributed by atoms with E-state index in [1.54, 1.807) is 0 Å². The van der Waals surface area contributed by atoms with Crippen LogP contribution in [0.25, 0.3) is 0 Å². The van der Waals surface area contributed by atoms with Crippen LogP contribution in [0, 0.1) is 5.82 Å². The Morgan fingerprint density at radius 2 is 1.79 bits per heavy atom. The molecule has 0 aliphatic heterocycles. The van der Waals surface area contributed by atoms with Crippen LogP contribution in [-0.2, 0) is 10.0 Å². The van der Waals surface area contributed by atoms with E-state index in [9.17, 15) is 12.8 Å². The van der Waals surface area contributed by atoms with Crippen molar-refractivity contribution >= 4 is 74.8 Å². The molecule has 0 fully saturated rings. The fourth-order valence-electron chi connectivity index (χ4n) is 1.22. The lowest BCUT2D eigenvalue weighted by Gasteiger charge is -2.06. The zero-order valence-electron chi connectivity index (χ0n) is 8.95. The van der Waals surface area contributed by atoms with E-state index in [0.717, 1.165) is 17.4 Å². The topological polar surface area (TPSA) is 46.2 Å². The number of hydrogen-bond donors (Lipinski definition) is 1. The normalized spacial score (nSPS) is 11.6. The average molecular weight is 494 g/mol. The van der Waals surface area contributed by atoms with Gasteiger partial charge in [0, 0.05) is 4.47 Å². The van der Waals surface area contributed by atoms with Gasteiger partial charge in [-0.3, -0.25) is 4.72 Å². The molecule has 0 bridgehead atoms. The van der Waals surface area contributed by atoms with Gasteiger partial charge < -0.3 is 0 Å². The van der Waals surface area contributed by atoms with Gasteiger partial charge in [0.2, 0.25) is 0 Å². The predicted molar refractivity (Wildman–Crippen MR) is 84.6 cm³/mol. The van der Waals surface area contributed by atoms with Crippen molar-refractivity contribution in [1.82, 2.24) is 0 Å². The van der Waals surface area contributed by atoms with Gasteiger partial charge in [-0.05, 0) is 72.1 Å². The average Bonchev–Trinajstić information content (AvgIpc) is 2.65. The van der Waals surface area contributed by atoms with Crippen molar-refractivity contribution in [2.75, 3.05) is 4.72 Å². The van der Waals surface area contributed by atoms with Gasteiger partial charge in [0.25, 0.3) is 10.0 Å². The number of sulfonamides is 1. The number of rotatable bonds is 3. The van der Waals surface area contributed by atoms with Crippen LogP contribution in [0.3, 0.4) is 0 Å². The Balaban J connectivity index is 2.33. The molecule has 0 radical (unpaired) electrons. The maximum atomic E-state index is 13.3. The van der Waals surface area contributed by atoms with Crippen molar-refractivity contribution in [3.05, 3.63) is 42.8 Å². The van der Waals surface area contributed by atoms with Gasteiger partial charge in [-0.15, -0.1) is 11.3 Å². The quantitative estimate of drug-likeness (QED) is 0.655. The van der Waals surface area contributed by atoms with Crippen molar-refractivity contribution < 1.29 is 12.8 Å². The van der Waals surface area contributed by atoms with E-state index in [1.165, 1.54) is 18.2 Å². The Labute approximate surface area is 138 Å². The van der Waals surface area contributed by atoms with Gasteiger partial charge in [0.15, 0.2) is 0 Å². The van der Waals surface area contributed by atoms with Crippen LogP contribution >= 0.6 is 59.1 Å². The molecule has 1 aromatic heterocycles. The number of anilines is 1. The maximum absolute atomic E-state index is 13.3. The van der Waals surface area contributed by atoms with Gasteiger partial charge in [-0.25, -0.2) is 12.8 Å². The minimum Gasteiger partial charge on any atom is -0.279 e. The highest BCUT2D eigenvalue weighted by Gasteiger charge is 2.19. The number of halogens is 4. The Bertz CT molecular complexity index is 711. The van der Waals surface area contributed by atoms with Crippen molar-refractivity contribution in [3.8, 4) is 0 Å². The largest absolute Gasteiger partial charge is 0.279 e. The number of hydrogen-bond acceptors (Lipinski definition) is 3. The predicted octanol–water partition coefficient (Wildman–Crippen LogP) is 4.98. The first-order chi connectivity index (χ1) is 8.79. The maximum Gasteiger partial charge on any atom is 0.271 e. The van der Waals surface area contributed by atoms with Crippen LogP contribution in [-0.4, -0.2) is 8.42 Å². The summed E-state index contributed by atoms with van der Waals surface area (Å²) < 4.78 is 41.6. The van der Waals surface area contributed by atoms with Crippen molar-refractivity contribution in [2.24, 2.45) is 0 Å². The summed E-state index contributed by atoms with van der Waals surface area (Å²) in [5.41, 5.74) is 0.168. The first kappa shape index (κ1) is 15.4. The Morgan fingerprint density at radius 1 is 1.11 bits per heavy atom. The minimum absolute atomic E-state index is 0.134. The van der Waals surface area contributed by atoms with Crippen LogP contribution in [0.15, 0.2) is 41.2 Å². The molecule has 0 saturated carbocycles. The third-order valence-corrected chi connectivity index (χ3v) is 7.81. The fraction of sp³-hybridized carbons (Fsp3) is 0. The molecular weight excluding hydrogens is 489 g/mol. The molecule has 0 atom stereocenters. The second-order valence-electron chi connectivity index (χ2n) is 3.42. The molecule has 9 heteroatoms. The van der Waals surface area contributed by atoms with Gasteiger partial charge in [-0.1, -0.05) is 0 Å². The molecule has 19 heavy (non-hydrogen) atoms. The molecular formula is C10H5Br3FNO2S2. The molecule has 1 N–H and O–H groups in total. The molecule has 0 unspecified atom stereocenters. The molecule has 1 heterocycles. The Kier molecular flexibility index (Phi) is 4.71. The molecule has 2 rings (SSSR count). The monoisotopic (exact) mass is 491 g/mol. The van der Waals surface area contributed by atoms with E-state index in [4.69, 9.17) is 0 Å². The molecule has 1 aromatic carbocycles. The SMILES string of the molecule is O=S(=O)(Nc1ccc(Br)c(F)c1)c1cc(Br)c(Br)s1. The van der Waals surface area contributed by atoms with Gasteiger partial charge in [-0.2, -0.15) is 0 Å². The third kappa shape index (κ3) is 3.57. The van der Waals surface area contributed by atoms with Gasteiger partial charge >= 0.3 is 0 Å². The van der Waals surface area contributed by atoms with Crippen LogP contribution in [0.5, 0.6) is 0 Å². The first-order valence-corrected chi connectivity index (χ1v) is 9.40. The van der Waals surface area contributed by atoms with Crippen LogP contribution in [0.1, 0.15) is 0 Å². The van der Waals surface area contributed by atoms with Gasteiger partial charge in [0.1, 0.15) is 10.0 Å². The molecule has 3 nitrogen and oxygen atoms in total. The van der Waals surface area contributed by atoms with Crippen molar-refractivity contribution in [3.63, 3.8) is 0 Å². The number of benzene rings is 1. The van der Waals surface area contributed by atoms with E-state index >= 15 is 0 Å². The molecule has 0 amide bonds. The summed E-state index contributed by atoms with van der Waals surface area (Å²) in [5.74, 6) is -0.534. The lowest BCUT2D eigenvalue weighted by Crippen LogP contribution is -2.11. The summed E-state index contributed by atoms with van der Waals surface area (Å²) in [7, 11) is -3.72. The molecule has 0 spiro atoms. The van der Waals surface area contributed by atoms with Crippen molar-refractivity contribution in [1.29, 1.82) is 0 Å². The summed E-state index contributed by atoms with van der Waals surface area (Å²) >= 11 is 10.5. The highest BCUT2D eigenvalue weighted by atomic mass is 79.9. The van der Waals surface area contributed by atoms with Crippen LogP contribution < -0.4 is 4.72 Å². The smallest absolute Gasteiger partial charge is 0.271 e. The van der Waals surface area contributed by atoms with E-state index in [2.05, 4.69) is 52.5 Å². The number of thiophene rings is 1. The summed E-state index contributed by atoms with van der Waals surface area (Å²) in [5, 5.41) is 0. The number of nitrogens with one attached hydrogen (secondary N) is 1. The zero-order chi connectivity index (χ0) is 14.2. The summed E-state index contributed by atoms with van der Waals surface area (Å²) in [4.78, 5) is 0. The van der Waals surface area contributed by atoms with Crippen LogP contribution in [0.4, 0.5) is 10.1 Å². The Morgan fingerprint density at radius 3 is 2.32 bits per heavy atom. The Hall–Kier alpha value is 0.0400. The molecule has 2 aromatic rings. The third-order valence-electron chi connectivity index (χ3n) is 2.06. The standard InChI is InChI=1S/C10H5Br3FNO2S2/c11-6-2-1-5(3-8(6)14)15-19(16,17)9-4-7(12)10(13)18-9/h1-4,15H. The van der Waals surface area contributed by atoms with E-state index in [-0.39, 0.29) is 14.4 Å². The molecule has 0 aliphatic rings. The summed E-state index contributed by atoms with van der Waals surface area (Å²) in [6.07, 6.45) is 0. The first-order valence-electron chi connectivity index (χ1n) is 4.72. The molecule has 102 valence electrons. The second kappa shape index (κ2) is 5.80. The highest BCUT2D eigenvalue weighted by Crippen LogP contribution is 2.35. The second-order valence-corrected chi connectivity index (χ2v) is 9.41. The highest BCUT2D eigenvalue weighted by molar-refractivity contribution is 9.13. The minimum atomic E-state index is -3.72. The lowest BCUT2D eigenvalue weighted by atomic mass is 10.3. The fourth-order valence-corrected chi connectivity index (χ4v) is 5.34. The van der Waals surface area contributed by atoms with Gasteiger partial charge in [0.05, 0.1) is 13.9 Å². The van der Waals surface area contributed by atoms with E-state index < -0.39 is 15.8 Å². The molecule has 0 aliphatic carbocycles. The summed E-state index contributed by atoms with van der Waals surface area (Å²) in [6.45, 7) is 0.